The number of amides is 1. The lowest BCUT2D eigenvalue weighted by Gasteiger charge is -2.27. The summed E-state index contributed by atoms with van der Waals surface area (Å²) in [4.78, 5) is 32.3. The lowest BCUT2D eigenvalue weighted by atomic mass is 10.1. The molecule has 0 bridgehead atoms. The molecule has 0 saturated carbocycles. The quantitative estimate of drug-likeness (QED) is 0.799. The number of carbonyl (C=O) groups excluding carboxylic acids is 1. The summed E-state index contributed by atoms with van der Waals surface area (Å²) in [6, 6.07) is 7.63. The second-order valence-corrected chi connectivity index (χ2v) is 7.36. The fourth-order valence-electron chi connectivity index (χ4n) is 4.19. The molecule has 1 N–H and O–H groups in total. The van der Waals surface area contributed by atoms with Crippen LogP contribution in [0.25, 0.3) is 0 Å². The zero-order chi connectivity index (χ0) is 20.1. The van der Waals surface area contributed by atoms with Crippen molar-refractivity contribution in [3.8, 4) is 0 Å². The SMILES string of the molecule is CCc1c(C(=O)NCc2ccccn2)c(=O)cc(C)n1CC1CCCN1CC. The molecule has 1 atom stereocenters. The highest BCUT2D eigenvalue weighted by Gasteiger charge is 2.26. The number of nitrogens with one attached hydrogen (secondary N) is 1. The van der Waals surface area contributed by atoms with E-state index in [2.05, 4.69) is 26.7 Å². The van der Waals surface area contributed by atoms with Crippen LogP contribution in [0.1, 0.15) is 54.1 Å². The van der Waals surface area contributed by atoms with Gasteiger partial charge in [-0.25, -0.2) is 0 Å². The zero-order valence-electron chi connectivity index (χ0n) is 17.1. The summed E-state index contributed by atoms with van der Waals surface area (Å²) in [5.74, 6) is -0.319. The van der Waals surface area contributed by atoms with Gasteiger partial charge in [0.1, 0.15) is 5.56 Å². The Labute approximate surface area is 166 Å². The van der Waals surface area contributed by atoms with Gasteiger partial charge in [-0.15, -0.1) is 0 Å². The van der Waals surface area contributed by atoms with Crippen molar-refractivity contribution < 1.29 is 4.79 Å². The molecular formula is C22H30N4O2. The van der Waals surface area contributed by atoms with Gasteiger partial charge >= 0.3 is 0 Å². The Balaban J connectivity index is 1.88. The fourth-order valence-corrected chi connectivity index (χ4v) is 4.19. The van der Waals surface area contributed by atoms with E-state index in [1.54, 1.807) is 12.3 Å². The van der Waals surface area contributed by atoms with Crippen LogP contribution in [0.2, 0.25) is 0 Å². The van der Waals surface area contributed by atoms with E-state index < -0.39 is 0 Å². The normalized spacial score (nSPS) is 17.0. The first-order chi connectivity index (χ1) is 13.5. The van der Waals surface area contributed by atoms with Crippen molar-refractivity contribution in [3.05, 3.63) is 63.3 Å². The van der Waals surface area contributed by atoms with E-state index in [1.807, 2.05) is 32.0 Å². The van der Waals surface area contributed by atoms with Crippen LogP contribution in [0.3, 0.4) is 0 Å². The molecule has 150 valence electrons. The molecule has 28 heavy (non-hydrogen) atoms. The molecule has 6 nitrogen and oxygen atoms in total. The number of nitrogens with zero attached hydrogens (tertiary/aromatic N) is 3. The Morgan fingerprint density at radius 1 is 1.32 bits per heavy atom. The molecule has 3 rings (SSSR count). The number of pyridine rings is 2. The third kappa shape index (κ3) is 4.33. The summed E-state index contributed by atoms with van der Waals surface area (Å²) in [5.41, 5.74) is 2.58. The highest BCUT2D eigenvalue weighted by Crippen LogP contribution is 2.21. The van der Waals surface area contributed by atoms with Gasteiger partial charge in [0.15, 0.2) is 5.43 Å². The Morgan fingerprint density at radius 2 is 2.14 bits per heavy atom. The minimum absolute atomic E-state index is 0.206. The molecule has 2 aromatic heterocycles. The van der Waals surface area contributed by atoms with Crippen LogP contribution >= 0.6 is 0 Å². The minimum Gasteiger partial charge on any atom is -0.346 e. The Morgan fingerprint density at radius 3 is 2.82 bits per heavy atom. The van der Waals surface area contributed by atoms with Gasteiger partial charge in [-0.2, -0.15) is 0 Å². The largest absolute Gasteiger partial charge is 0.346 e. The van der Waals surface area contributed by atoms with Crippen LogP contribution in [0.15, 0.2) is 35.3 Å². The molecule has 6 heteroatoms. The zero-order valence-corrected chi connectivity index (χ0v) is 17.1. The highest BCUT2D eigenvalue weighted by molar-refractivity contribution is 5.95. The summed E-state index contributed by atoms with van der Waals surface area (Å²) < 4.78 is 2.18. The number of likely N-dealkylation sites (tertiary alicyclic amines) is 1. The first-order valence-electron chi connectivity index (χ1n) is 10.2. The molecule has 1 aliphatic rings. The standard InChI is InChI=1S/C22H30N4O2/c1-4-19-21(22(28)24-14-17-9-6-7-11-23-17)20(27)13-16(3)26(19)15-18-10-8-12-25(18)5-2/h6-7,9,11,13,18H,4-5,8,10,12,14-15H2,1-3H3,(H,24,28). The minimum atomic E-state index is -0.319. The average Bonchev–Trinajstić information content (AvgIpc) is 3.15. The predicted molar refractivity (Wildman–Crippen MR) is 110 cm³/mol. The average molecular weight is 383 g/mol. The molecule has 1 aliphatic heterocycles. The molecule has 3 heterocycles. The first-order valence-corrected chi connectivity index (χ1v) is 10.2. The molecule has 1 fully saturated rings. The van der Waals surface area contributed by atoms with E-state index in [0.29, 0.717) is 19.0 Å². The monoisotopic (exact) mass is 382 g/mol. The maximum atomic E-state index is 12.9. The van der Waals surface area contributed by atoms with E-state index in [4.69, 9.17) is 0 Å². The van der Waals surface area contributed by atoms with Gasteiger partial charge in [-0.05, 0) is 51.4 Å². The van der Waals surface area contributed by atoms with Crippen LogP contribution in [0.5, 0.6) is 0 Å². The molecule has 0 radical (unpaired) electrons. The summed E-state index contributed by atoms with van der Waals surface area (Å²) in [5, 5.41) is 2.87. The predicted octanol–water partition coefficient (Wildman–Crippen LogP) is 2.53. The van der Waals surface area contributed by atoms with Crippen LogP contribution < -0.4 is 10.7 Å². The van der Waals surface area contributed by atoms with Crippen molar-refractivity contribution in [2.75, 3.05) is 13.1 Å². The highest BCUT2D eigenvalue weighted by atomic mass is 16.2. The third-order valence-electron chi connectivity index (χ3n) is 5.64. The number of carbonyl (C=O) groups is 1. The number of aryl methyl sites for hydroxylation is 1. The van der Waals surface area contributed by atoms with Crippen LogP contribution in [-0.2, 0) is 19.5 Å². The number of likely N-dealkylation sites (N-methyl/N-ethyl adjacent to an activating group) is 1. The summed E-state index contributed by atoms with van der Waals surface area (Å²) in [6.45, 7) is 9.44. The van der Waals surface area contributed by atoms with Gasteiger partial charge in [-0.3, -0.25) is 19.5 Å². The van der Waals surface area contributed by atoms with Crippen molar-refractivity contribution in [1.29, 1.82) is 0 Å². The molecule has 0 aromatic carbocycles. The molecule has 0 spiro atoms. The van der Waals surface area contributed by atoms with Gasteiger partial charge in [0.25, 0.3) is 5.91 Å². The van der Waals surface area contributed by atoms with E-state index >= 15 is 0 Å². The van der Waals surface area contributed by atoms with Crippen molar-refractivity contribution in [2.24, 2.45) is 0 Å². The van der Waals surface area contributed by atoms with Crippen molar-refractivity contribution in [1.82, 2.24) is 19.8 Å². The molecular weight excluding hydrogens is 352 g/mol. The summed E-state index contributed by atoms with van der Waals surface area (Å²) in [7, 11) is 0. The van der Waals surface area contributed by atoms with Crippen molar-refractivity contribution in [2.45, 2.75) is 59.2 Å². The maximum absolute atomic E-state index is 12.9. The number of aromatic nitrogens is 2. The maximum Gasteiger partial charge on any atom is 0.257 e. The molecule has 1 unspecified atom stereocenters. The van der Waals surface area contributed by atoms with Crippen molar-refractivity contribution in [3.63, 3.8) is 0 Å². The number of rotatable bonds is 7. The molecule has 0 aliphatic carbocycles. The van der Waals surface area contributed by atoms with Crippen LogP contribution in [0, 0.1) is 6.92 Å². The molecule has 2 aromatic rings. The van der Waals surface area contributed by atoms with Gasteiger partial charge in [0, 0.05) is 36.2 Å². The van der Waals surface area contributed by atoms with E-state index in [-0.39, 0.29) is 16.9 Å². The smallest absolute Gasteiger partial charge is 0.257 e. The topological polar surface area (TPSA) is 67.2 Å². The van der Waals surface area contributed by atoms with Gasteiger partial charge in [0.05, 0.1) is 12.2 Å². The Bertz CT molecular complexity index is 876. The van der Waals surface area contributed by atoms with Gasteiger partial charge in [-0.1, -0.05) is 19.9 Å². The third-order valence-corrected chi connectivity index (χ3v) is 5.64. The fraction of sp³-hybridized carbons (Fsp3) is 0.500. The van der Waals surface area contributed by atoms with Crippen LogP contribution in [-0.4, -0.2) is 39.5 Å². The van der Waals surface area contributed by atoms with Crippen LogP contribution in [0.4, 0.5) is 0 Å². The van der Waals surface area contributed by atoms with E-state index in [0.717, 1.165) is 43.1 Å². The second-order valence-electron chi connectivity index (χ2n) is 7.36. The van der Waals surface area contributed by atoms with Gasteiger partial charge in [0.2, 0.25) is 0 Å². The second kappa shape index (κ2) is 9.15. The van der Waals surface area contributed by atoms with E-state index in [1.165, 1.54) is 6.42 Å². The molecule has 1 saturated heterocycles. The summed E-state index contributed by atoms with van der Waals surface area (Å²) >= 11 is 0. The lowest BCUT2D eigenvalue weighted by molar-refractivity contribution is 0.0947. The summed E-state index contributed by atoms with van der Waals surface area (Å²) in [6.07, 6.45) is 4.70. The first kappa shape index (κ1) is 20.3. The van der Waals surface area contributed by atoms with Crippen molar-refractivity contribution >= 4 is 5.91 Å². The Hall–Kier alpha value is -2.47. The van der Waals surface area contributed by atoms with E-state index in [9.17, 15) is 9.59 Å². The molecule has 1 amide bonds. The number of hydrogen-bond donors (Lipinski definition) is 1. The Kier molecular flexibility index (Phi) is 6.62. The number of hydrogen-bond acceptors (Lipinski definition) is 4. The van der Waals surface area contributed by atoms with Gasteiger partial charge < -0.3 is 9.88 Å². The lowest BCUT2D eigenvalue weighted by Crippen LogP contribution is -2.37.